The lowest BCUT2D eigenvalue weighted by Crippen LogP contribution is -2.35. The molecule has 1 fully saturated rings. The molecule has 92 valence electrons. The molecule has 0 N–H and O–H groups in total. The van der Waals surface area contributed by atoms with Gasteiger partial charge in [0.25, 0.3) is 5.91 Å². The van der Waals surface area contributed by atoms with Crippen LogP contribution in [0.25, 0.3) is 0 Å². The maximum Gasteiger partial charge on any atom is 0.253 e. The van der Waals surface area contributed by atoms with E-state index in [0.29, 0.717) is 15.6 Å². The summed E-state index contributed by atoms with van der Waals surface area (Å²) in [4.78, 5) is 14.0. The summed E-state index contributed by atoms with van der Waals surface area (Å²) in [6.45, 7) is 3.26. The second kappa shape index (κ2) is 5.17. The highest BCUT2D eigenvalue weighted by Gasteiger charge is 2.19. The highest BCUT2D eigenvalue weighted by atomic mass is 79.9. The van der Waals surface area contributed by atoms with E-state index in [1.807, 2.05) is 0 Å². The van der Waals surface area contributed by atoms with Crippen LogP contribution in [0.2, 0.25) is 0 Å². The molecule has 2 rings (SSSR count). The fourth-order valence-corrected chi connectivity index (χ4v) is 2.48. The standard InChI is InChI=1S/C13H15BrFNO/c1-9-11(14)7-10(8-12(9)15)13(17)16-5-3-2-4-6-16/h7-8H,2-6H2,1H3. The maximum absolute atomic E-state index is 13.6. The van der Waals surface area contributed by atoms with Crippen molar-refractivity contribution in [1.29, 1.82) is 0 Å². The predicted molar refractivity (Wildman–Crippen MR) is 68.6 cm³/mol. The van der Waals surface area contributed by atoms with Crippen LogP contribution >= 0.6 is 15.9 Å². The molecule has 0 atom stereocenters. The summed E-state index contributed by atoms with van der Waals surface area (Å²) in [5.74, 6) is -0.399. The molecular formula is C13H15BrFNO. The van der Waals surface area contributed by atoms with Crippen molar-refractivity contribution in [3.05, 3.63) is 33.5 Å². The Hall–Kier alpha value is -0.900. The van der Waals surface area contributed by atoms with Crippen molar-refractivity contribution in [2.75, 3.05) is 13.1 Å². The first kappa shape index (κ1) is 12.6. The number of amides is 1. The molecule has 17 heavy (non-hydrogen) atoms. The van der Waals surface area contributed by atoms with Crippen molar-refractivity contribution in [2.24, 2.45) is 0 Å². The van der Waals surface area contributed by atoms with Crippen LogP contribution in [0.3, 0.4) is 0 Å². The van der Waals surface area contributed by atoms with E-state index in [0.717, 1.165) is 25.9 Å². The van der Waals surface area contributed by atoms with Crippen LogP contribution in [-0.2, 0) is 0 Å². The molecule has 1 aromatic rings. The van der Waals surface area contributed by atoms with Crippen LogP contribution < -0.4 is 0 Å². The highest BCUT2D eigenvalue weighted by Crippen LogP contribution is 2.23. The third-order valence-corrected chi connectivity index (χ3v) is 3.99. The Bertz CT molecular complexity index is 418. The minimum absolute atomic E-state index is 0.0655. The smallest absolute Gasteiger partial charge is 0.253 e. The van der Waals surface area contributed by atoms with Gasteiger partial charge >= 0.3 is 0 Å². The first-order valence-electron chi connectivity index (χ1n) is 5.84. The van der Waals surface area contributed by atoms with Gasteiger partial charge in [0.15, 0.2) is 0 Å². The highest BCUT2D eigenvalue weighted by molar-refractivity contribution is 9.10. The molecule has 1 heterocycles. The zero-order valence-corrected chi connectivity index (χ0v) is 11.4. The summed E-state index contributed by atoms with van der Waals surface area (Å²) < 4.78 is 14.2. The molecule has 1 aromatic carbocycles. The molecule has 4 heteroatoms. The fourth-order valence-electron chi connectivity index (χ4n) is 2.05. The molecule has 2 nitrogen and oxygen atoms in total. The largest absolute Gasteiger partial charge is 0.339 e. The van der Waals surface area contributed by atoms with Crippen molar-refractivity contribution in [3.8, 4) is 0 Å². The van der Waals surface area contributed by atoms with Crippen molar-refractivity contribution in [3.63, 3.8) is 0 Å². The Labute approximate surface area is 109 Å². The summed E-state index contributed by atoms with van der Waals surface area (Å²) in [7, 11) is 0. The van der Waals surface area contributed by atoms with Crippen molar-refractivity contribution >= 4 is 21.8 Å². The van der Waals surface area contributed by atoms with Gasteiger partial charge in [-0.25, -0.2) is 4.39 Å². The molecule has 0 saturated carbocycles. The Morgan fingerprint density at radius 3 is 2.53 bits per heavy atom. The SMILES string of the molecule is Cc1c(F)cc(C(=O)N2CCCCC2)cc1Br. The summed E-state index contributed by atoms with van der Waals surface area (Å²) in [6.07, 6.45) is 3.26. The average molecular weight is 300 g/mol. The van der Waals surface area contributed by atoms with Crippen LogP contribution in [0, 0.1) is 12.7 Å². The number of rotatable bonds is 1. The van der Waals surface area contributed by atoms with Gasteiger partial charge in [-0.05, 0) is 43.9 Å². The number of hydrogen-bond donors (Lipinski definition) is 0. The second-order valence-electron chi connectivity index (χ2n) is 4.42. The summed E-state index contributed by atoms with van der Waals surface area (Å²) in [6, 6.07) is 3.03. The van der Waals surface area contributed by atoms with Gasteiger partial charge in [0, 0.05) is 23.1 Å². The number of benzene rings is 1. The van der Waals surface area contributed by atoms with Crippen molar-refractivity contribution < 1.29 is 9.18 Å². The van der Waals surface area contributed by atoms with Gasteiger partial charge in [0.2, 0.25) is 0 Å². The van der Waals surface area contributed by atoms with E-state index in [-0.39, 0.29) is 11.7 Å². The second-order valence-corrected chi connectivity index (χ2v) is 5.27. The zero-order chi connectivity index (χ0) is 12.4. The van der Waals surface area contributed by atoms with E-state index in [1.54, 1.807) is 17.9 Å². The van der Waals surface area contributed by atoms with E-state index in [1.165, 1.54) is 12.5 Å². The van der Waals surface area contributed by atoms with Gasteiger partial charge in [-0.1, -0.05) is 15.9 Å². The van der Waals surface area contributed by atoms with Gasteiger partial charge < -0.3 is 4.90 Å². The van der Waals surface area contributed by atoms with E-state index >= 15 is 0 Å². The average Bonchev–Trinajstić information content (AvgIpc) is 2.35. The summed E-state index contributed by atoms with van der Waals surface area (Å²) >= 11 is 3.28. The number of carbonyl (C=O) groups excluding carboxylic acids is 1. The lowest BCUT2D eigenvalue weighted by atomic mass is 10.1. The number of likely N-dealkylation sites (tertiary alicyclic amines) is 1. The minimum Gasteiger partial charge on any atom is -0.339 e. The predicted octanol–water partition coefficient (Wildman–Crippen LogP) is 3.52. The number of halogens is 2. The number of nitrogens with zero attached hydrogens (tertiary/aromatic N) is 1. The topological polar surface area (TPSA) is 20.3 Å². The first-order chi connectivity index (χ1) is 8.09. The molecule has 1 aliphatic rings. The van der Waals surface area contributed by atoms with Gasteiger partial charge in [0.05, 0.1) is 0 Å². The van der Waals surface area contributed by atoms with Gasteiger partial charge in [-0.3, -0.25) is 4.79 Å². The molecule has 0 spiro atoms. The summed E-state index contributed by atoms with van der Waals surface area (Å²) in [5, 5.41) is 0. The Balaban J connectivity index is 2.24. The van der Waals surface area contributed by atoms with Crippen LogP contribution in [0.4, 0.5) is 4.39 Å². The van der Waals surface area contributed by atoms with E-state index in [4.69, 9.17) is 0 Å². The molecule has 0 radical (unpaired) electrons. The molecule has 0 unspecified atom stereocenters. The quantitative estimate of drug-likeness (QED) is 0.777. The Kier molecular flexibility index (Phi) is 3.82. The van der Waals surface area contributed by atoms with Crippen LogP contribution in [0.1, 0.15) is 35.2 Å². The third-order valence-electron chi connectivity index (χ3n) is 3.17. The number of hydrogen-bond acceptors (Lipinski definition) is 1. The monoisotopic (exact) mass is 299 g/mol. The Morgan fingerprint density at radius 1 is 1.29 bits per heavy atom. The zero-order valence-electron chi connectivity index (χ0n) is 9.80. The molecular weight excluding hydrogens is 285 g/mol. The van der Waals surface area contributed by atoms with Crippen molar-refractivity contribution in [1.82, 2.24) is 4.90 Å². The molecule has 1 amide bonds. The van der Waals surface area contributed by atoms with Crippen LogP contribution in [-0.4, -0.2) is 23.9 Å². The lowest BCUT2D eigenvalue weighted by Gasteiger charge is -2.26. The van der Waals surface area contributed by atoms with E-state index in [2.05, 4.69) is 15.9 Å². The fraction of sp³-hybridized carbons (Fsp3) is 0.462. The molecule has 0 bridgehead atoms. The minimum atomic E-state index is -0.334. The normalized spacial score (nSPS) is 16.1. The third kappa shape index (κ3) is 2.68. The summed E-state index contributed by atoms with van der Waals surface area (Å²) in [5.41, 5.74) is 0.974. The van der Waals surface area contributed by atoms with Crippen LogP contribution in [0.5, 0.6) is 0 Å². The van der Waals surface area contributed by atoms with Crippen LogP contribution in [0.15, 0.2) is 16.6 Å². The molecule has 0 aromatic heterocycles. The molecule has 1 saturated heterocycles. The van der Waals surface area contributed by atoms with Gasteiger partial charge in [-0.2, -0.15) is 0 Å². The van der Waals surface area contributed by atoms with E-state index in [9.17, 15) is 9.18 Å². The van der Waals surface area contributed by atoms with Crippen molar-refractivity contribution in [2.45, 2.75) is 26.2 Å². The first-order valence-corrected chi connectivity index (χ1v) is 6.64. The Morgan fingerprint density at radius 2 is 1.94 bits per heavy atom. The molecule has 1 aliphatic heterocycles. The van der Waals surface area contributed by atoms with Gasteiger partial charge in [0.1, 0.15) is 5.82 Å². The number of carbonyl (C=O) groups is 1. The number of piperidine rings is 1. The van der Waals surface area contributed by atoms with E-state index < -0.39 is 0 Å². The lowest BCUT2D eigenvalue weighted by molar-refractivity contribution is 0.0723. The molecule has 0 aliphatic carbocycles. The van der Waals surface area contributed by atoms with Gasteiger partial charge in [-0.15, -0.1) is 0 Å². The maximum atomic E-state index is 13.6.